The Hall–Kier alpha value is -1.75. The van der Waals surface area contributed by atoms with Crippen LogP contribution in [0.5, 0.6) is 11.5 Å². The molecule has 0 amide bonds. The second-order valence-corrected chi connectivity index (χ2v) is 4.63. The van der Waals surface area contributed by atoms with Gasteiger partial charge in [0, 0.05) is 19.8 Å². The van der Waals surface area contributed by atoms with E-state index < -0.39 is 0 Å². The van der Waals surface area contributed by atoms with Gasteiger partial charge < -0.3 is 18.9 Å². The van der Waals surface area contributed by atoms with E-state index in [1.807, 2.05) is 36.4 Å². The van der Waals surface area contributed by atoms with Gasteiger partial charge in [-0.1, -0.05) is 41.9 Å². The number of benzene rings is 2. The highest BCUT2D eigenvalue weighted by Crippen LogP contribution is 2.43. The molecule has 0 heterocycles. The first-order chi connectivity index (χ1) is 10.3. The molecule has 4 nitrogen and oxygen atoms in total. The number of rotatable bonds is 7. The molecule has 2 rings (SSSR count). The molecule has 21 heavy (non-hydrogen) atoms. The first-order valence-corrected chi connectivity index (χ1v) is 6.77. The van der Waals surface area contributed by atoms with Crippen LogP contribution in [0.1, 0.15) is 0 Å². The zero-order chi connectivity index (χ0) is 15.1. The van der Waals surface area contributed by atoms with Crippen molar-refractivity contribution in [3.05, 3.63) is 47.5 Å². The van der Waals surface area contributed by atoms with Gasteiger partial charge in [0.1, 0.15) is 0 Å². The van der Waals surface area contributed by atoms with Crippen LogP contribution in [0.4, 0.5) is 0 Å². The maximum Gasteiger partial charge on any atom is 0.188 e. The van der Waals surface area contributed by atoms with E-state index in [0.717, 1.165) is 11.1 Å². The van der Waals surface area contributed by atoms with E-state index in [1.54, 1.807) is 20.3 Å². The van der Waals surface area contributed by atoms with Crippen molar-refractivity contribution in [3.8, 4) is 22.6 Å². The number of ether oxygens (including phenoxy) is 4. The minimum absolute atomic E-state index is 0.0846. The maximum absolute atomic E-state index is 6.20. The van der Waals surface area contributed by atoms with Gasteiger partial charge in [-0.25, -0.2) is 0 Å². The Bertz CT molecular complexity index is 572. The Morgan fingerprint density at radius 2 is 1.43 bits per heavy atom. The van der Waals surface area contributed by atoms with Gasteiger partial charge in [0.05, 0.1) is 5.02 Å². The van der Waals surface area contributed by atoms with Crippen LogP contribution in [0, 0.1) is 0 Å². The third kappa shape index (κ3) is 3.88. The molecule has 0 radical (unpaired) electrons. The van der Waals surface area contributed by atoms with E-state index in [-0.39, 0.29) is 13.6 Å². The highest BCUT2D eigenvalue weighted by Gasteiger charge is 2.17. The monoisotopic (exact) mass is 308 g/mol. The zero-order valence-electron chi connectivity index (χ0n) is 12.0. The van der Waals surface area contributed by atoms with Gasteiger partial charge in [0.15, 0.2) is 25.1 Å². The second-order valence-electron chi connectivity index (χ2n) is 4.22. The van der Waals surface area contributed by atoms with Crippen molar-refractivity contribution >= 4 is 11.6 Å². The number of methoxy groups -OCH3 is 2. The van der Waals surface area contributed by atoms with Crippen molar-refractivity contribution in [2.45, 2.75) is 0 Å². The normalized spacial score (nSPS) is 10.4. The van der Waals surface area contributed by atoms with E-state index in [0.29, 0.717) is 16.5 Å². The molecule has 0 aliphatic carbocycles. The largest absolute Gasteiger partial charge is 0.463 e. The lowest BCUT2D eigenvalue weighted by atomic mass is 10.0. The summed E-state index contributed by atoms with van der Waals surface area (Å²) in [5.74, 6) is 0.976. The molecule has 5 heteroatoms. The minimum Gasteiger partial charge on any atom is -0.463 e. The fraction of sp³-hybridized carbons (Fsp3) is 0.250. The van der Waals surface area contributed by atoms with Gasteiger partial charge in [0.2, 0.25) is 0 Å². The van der Waals surface area contributed by atoms with Gasteiger partial charge >= 0.3 is 0 Å². The molecule has 0 aliphatic rings. The molecule has 2 aromatic rings. The van der Waals surface area contributed by atoms with Crippen LogP contribution in [-0.2, 0) is 9.47 Å². The molecule has 0 aromatic heterocycles. The van der Waals surface area contributed by atoms with Crippen LogP contribution >= 0.6 is 11.6 Å². The fourth-order valence-corrected chi connectivity index (χ4v) is 2.10. The lowest BCUT2D eigenvalue weighted by Gasteiger charge is -2.17. The topological polar surface area (TPSA) is 36.9 Å². The molecule has 0 saturated carbocycles. The number of hydrogen-bond acceptors (Lipinski definition) is 4. The third-order valence-electron chi connectivity index (χ3n) is 2.79. The Kier molecular flexibility index (Phi) is 5.87. The lowest BCUT2D eigenvalue weighted by Crippen LogP contribution is -2.06. The predicted molar refractivity (Wildman–Crippen MR) is 81.9 cm³/mol. The predicted octanol–water partition coefficient (Wildman–Crippen LogP) is 3.97. The summed E-state index contributed by atoms with van der Waals surface area (Å²) in [6.07, 6.45) is 0. The summed E-state index contributed by atoms with van der Waals surface area (Å²) in [5, 5.41) is 0.456. The van der Waals surface area contributed by atoms with Crippen molar-refractivity contribution in [2.24, 2.45) is 0 Å². The fourth-order valence-electron chi connectivity index (χ4n) is 1.90. The van der Waals surface area contributed by atoms with Crippen LogP contribution < -0.4 is 9.47 Å². The van der Waals surface area contributed by atoms with Crippen LogP contribution in [0.2, 0.25) is 5.02 Å². The zero-order valence-corrected chi connectivity index (χ0v) is 12.7. The van der Waals surface area contributed by atoms with Gasteiger partial charge in [-0.05, 0) is 17.7 Å². The van der Waals surface area contributed by atoms with E-state index in [2.05, 4.69) is 0 Å². The Labute approximate surface area is 129 Å². The summed E-state index contributed by atoms with van der Waals surface area (Å²) in [4.78, 5) is 0. The van der Waals surface area contributed by atoms with Crippen molar-refractivity contribution in [1.29, 1.82) is 0 Å². The number of halogens is 1. The SMILES string of the molecule is COCOc1c(Cl)ccc(-c2ccccc2)c1OCOC. The van der Waals surface area contributed by atoms with Gasteiger partial charge in [-0.15, -0.1) is 0 Å². The highest BCUT2D eigenvalue weighted by atomic mass is 35.5. The van der Waals surface area contributed by atoms with Gasteiger partial charge in [-0.3, -0.25) is 0 Å². The molecule has 0 atom stereocenters. The molecule has 0 fully saturated rings. The van der Waals surface area contributed by atoms with Crippen LogP contribution in [0.15, 0.2) is 42.5 Å². The van der Waals surface area contributed by atoms with Crippen molar-refractivity contribution < 1.29 is 18.9 Å². The quantitative estimate of drug-likeness (QED) is 0.725. The second kappa shape index (κ2) is 7.88. The molecule has 0 spiro atoms. The van der Waals surface area contributed by atoms with Crippen LogP contribution in [0.3, 0.4) is 0 Å². The molecule has 0 bridgehead atoms. The van der Waals surface area contributed by atoms with Crippen molar-refractivity contribution in [3.63, 3.8) is 0 Å². The Morgan fingerprint density at radius 1 is 0.810 bits per heavy atom. The Balaban J connectivity index is 2.48. The lowest BCUT2D eigenvalue weighted by molar-refractivity contribution is 0.0326. The molecule has 112 valence electrons. The standard InChI is InChI=1S/C16H17ClO4/c1-18-10-20-15-13(12-6-4-3-5-7-12)8-9-14(17)16(15)21-11-19-2/h3-9H,10-11H2,1-2H3. The maximum atomic E-state index is 6.20. The summed E-state index contributed by atoms with van der Waals surface area (Å²) in [6, 6.07) is 13.5. The summed E-state index contributed by atoms with van der Waals surface area (Å²) in [7, 11) is 3.10. The van der Waals surface area contributed by atoms with Crippen molar-refractivity contribution in [2.75, 3.05) is 27.8 Å². The summed E-state index contributed by atoms with van der Waals surface area (Å²) < 4.78 is 21.1. The van der Waals surface area contributed by atoms with Crippen LogP contribution in [-0.4, -0.2) is 27.8 Å². The van der Waals surface area contributed by atoms with Gasteiger partial charge in [0.25, 0.3) is 0 Å². The number of hydrogen-bond donors (Lipinski definition) is 0. The van der Waals surface area contributed by atoms with Crippen molar-refractivity contribution in [1.82, 2.24) is 0 Å². The average molecular weight is 309 g/mol. The molecule has 2 aromatic carbocycles. The molecule has 0 N–H and O–H groups in total. The molecule has 0 saturated heterocycles. The molecular formula is C16H17ClO4. The van der Waals surface area contributed by atoms with E-state index in [1.165, 1.54) is 0 Å². The third-order valence-corrected chi connectivity index (χ3v) is 3.09. The molecule has 0 aliphatic heterocycles. The average Bonchev–Trinajstić information content (AvgIpc) is 2.53. The highest BCUT2D eigenvalue weighted by molar-refractivity contribution is 6.32. The summed E-state index contributed by atoms with van der Waals surface area (Å²) in [6.45, 7) is 0.185. The minimum atomic E-state index is 0.0846. The molecule has 0 unspecified atom stereocenters. The summed E-state index contributed by atoms with van der Waals surface area (Å²) in [5.41, 5.74) is 1.88. The first kappa shape index (κ1) is 15.6. The smallest absolute Gasteiger partial charge is 0.188 e. The van der Waals surface area contributed by atoms with Gasteiger partial charge in [-0.2, -0.15) is 0 Å². The van der Waals surface area contributed by atoms with E-state index in [9.17, 15) is 0 Å². The van der Waals surface area contributed by atoms with E-state index in [4.69, 9.17) is 30.5 Å². The summed E-state index contributed by atoms with van der Waals surface area (Å²) >= 11 is 6.20. The first-order valence-electron chi connectivity index (χ1n) is 6.39. The Morgan fingerprint density at radius 3 is 2.05 bits per heavy atom. The van der Waals surface area contributed by atoms with Crippen LogP contribution in [0.25, 0.3) is 11.1 Å². The van der Waals surface area contributed by atoms with E-state index >= 15 is 0 Å². The molecular weight excluding hydrogens is 292 g/mol.